The van der Waals surface area contributed by atoms with E-state index in [-0.39, 0.29) is 0 Å². The Morgan fingerprint density at radius 1 is 0.711 bits per heavy atom. The van der Waals surface area contributed by atoms with Gasteiger partial charge < -0.3 is 4.74 Å². The van der Waals surface area contributed by atoms with Crippen LogP contribution in [0.5, 0.6) is 5.75 Å². The molecule has 0 atom stereocenters. The number of benzene rings is 2. The lowest BCUT2D eigenvalue weighted by Gasteiger charge is -2.29. The molecule has 0 N–H and O–H groups in total. The van der Waals surface area contributed by atoms with E-state index < -0.39 is 0 Å². The average molecular weight is 511 g/mol. The van der Waals surface area contributed by atoms with Gasteiger partial charge in [-0.1, -0.05) is 88.1 Å². The molecule has 1 nitrogen and oxygen atoms in total. The molecule has 2 aliphatic carbocycles. The lowest BCUT2D eigenvalue weighted by Crippen LogP contribution is -2.13. The summed E-state index contributed by atoms with van der Waals surface area (Å²) in [4.78, 5) is 0. The molecule has 2 aromatic carbocycles. The molecule has 204 valence electrons. The van der Waals surface area contributed by atoms with Crippen molar-refractivity contribution >= 4 is 0 Å². The van der Waals surface area contributed by atoms with Crippen LogP contribution < -0.4 is 4.74 Å². The molecule has 2 saturated carbocycles. The van der Waals surface area contributed by atoms with Gasteiger partial charge in [0.25, 0.3) is 0 Å². The zero-order valence-corrected chi connectivity index (χ0v) is 24.1. The van der Waals surface area contributed by atoms with Gasteiger partial charge in [-0.05, 0) is 123 Å². The first-order valence-electron chi connectivity index (χ1n) is 15.8. The van der Waals surface area contributed by atoms with Crippen molar-refractivity contribution in [2.24, 2.45) is 11.8 Å². The smallest absolute Gasteiger partial charge is 0.119 e. The highest BCUT2D eigenvalue weighted by molar-refractivity contribution is 5.39. The molecule has 0 heterocycles. The topological polar surface area (TPSA) is 9.23 Å². The van der Waals surface area contributed by atoms with E-state index in [1.165, 1.54) is 94.6 Å². The van der Waals surface area contributed by atoms with Crippen LogP contribution in [0.3, 0.4) is 0 Å². The van der Waals surface area contributed by atoms with E-state index in [9.17, 15) is 0 Å². The summed E-state index contributed by atoms with van der Waals surface area (Å²) in [6.07, 6.45) is 23.0. The van der Waals surface area contributed by atoms with Gasteiger partial charge in [0, 0.05) is 5.56 Å². The standard InChI is InChI=1S/C37H50O/c1-3-5-7-10-30-13-19-33(20-14-30)34-21-15-31(16-22-34)11-8-9-12-32-17-23-35(24-18-32)36-25-27-37(28-26-36)38-29-6-4-2/h9,12,15-16,21-22,25-28,30,32-33,35H,3-7,10,13-14,17-20,23-24,29H2,1-2H3. The fourth-order valence-corrected chi connectivity index (χ4v) is 6.43. The highest BCUT2D eigenvalue weighted by atomic mass is 16.5. The largest absolute Gasteiger partial charge is 0.494 e. The Balaban J connectivity index is 1.17. The molecule has 0 radical (unpaired) electrons. The summed E-state index contributed by atoms with van der Waals surface area (Å²) in [6.45, 7) is 5.32. The maximum absolute atomic E-state index is 5.82. The number of unbranched alkanes of at least 4 members (excludes halogenated alkanes) is 3. The fourth-order valence-electron chi connectivity index (χ4n) is 6.43. The molecule has 0 amide bonds. The molecule has 0 bridgehead atoms. The Bertz CT molecular complexity index is 1000. The van der Waals surface area contributed by atoms with Gasteiger partial charge in [0.05, 0.1) is 6.61 Å². The van der Waals surface area contributed by atoms with Crippen LogP contribution in [-0.4, -0.2) is 6.61 Å². The summed E-state index contributed by atoms with van der Waals surface area (Å²) < 4.78 is 5.82. The lowest BCUT2D eigenvalue weighted by atomic mass is 9.77. The third-order valence-electron chi connectivity index (χ3n) is 9.00. The van der Waals surface area contributed by atoms with Gasteiger partial charge in [-0.2, -0.15) is 0 Å². The van der Waals surface area contributed by atoms with Gasteiger partial charge in [0.1, 0.15) is 5.75 Å². The van der Waals surface area contributed by atoms with E-state index in [2.05, 4.69) is 86.4 Å². The van der Waals surface area contributed by atoms with Crippen LogP contribution in [0.4, 0.5) is 0 Å². The van der Waals surface area contributed by atoms with Crippen LogP contribution in [0.1, 0.15) is 132 Å². The molecule has 1 heteroatoms. The van der Waals surface area contributed by atoms with E-state index >= 15 is 0 Å². The maximum Gasteiger partial charge on any atom is 0.119 e. The molecule has 2 fully saturated rings. The average Bonchev–Trinajstić information content (AvgIpc) is 2.97. The number of allylic oxidation sites excluding steroid dienone is 2. The van der Waals surface area contributed by atoms with Crippen LogP contribution in [-0.2, 0) is 0 Å². The third-order valence-corrected chi connectivity index (χ3v) is 9.00. The molecule has 0 saturated heterocycles. The van der Waals surface area contributed by atoms with Crippen molar-refractivity contribution in [1.82, 2.24) is 0 Å². The molecule has 2 aliphatic rings. The Morgan fingerprint density at radius 2 is 1.32 bits per heavy atom. The summed E-state index contributed by atoms with van der Waals surface area (Å²) >= 11 is 0. The van der Waals surface area contributed by atoms with E-state index in [1.54, 1.807) is 0 Å². The first-order valence-corrected chi connectivity index (χ1v) is 15.8. The second-order valence-electron chi connectivity index (χ2n) is 11.8. The van der Waals surface area contributed by atoms with Gasteiger partial charge in [0.15, 0.2) is 0 Å². The summed E-state index contributed by atoms with van der Waals surface area (Å²) in [5.41, 5.74) is 4.13. The minimum atomic E-state index is 0.664. The molecule has 0 aromatic heterocycles. The van der Waals surface area contributed by atoms with Gasteiger partial charge in [-0.15, -0.1) is 0 Å². The number of hydrogen-bond acceptors (Lipinski definition) is 1. The molecule has 0 spiro atoms. The van der Waals surface area contributed by atoms with Gasteiger partial charge in [-0.3, -0.25) is 0 Å². The molecule has 0 unspecified atom stereocenters. The zero-order valence-electron chi connectivity index (χ0n) is 24.1. The minimum absolute atomic E-state index is 0.664. The normalized spacial score (nSPS) is 23.6. The Kier molecular flexibility index (Phi) is 11.9. The number of rotatable bonds is 11. The van der Waals surface area contributed by atoms with Crippen LogP contribution in [0.2, 0.25) is 0 Å². The van der Waals surface area contributed by atoms with Crippen molar-refractivity contribution in [3.05, 3.63) is 77.4 Å². The molecule has 4 rings (SSSR count). The van der Waals surface area contributed by atoms with Crippen LogP contribution in [0.25, 0.3) is 0 Å². The first-order chi connectivity index (χ1) is 18.7. The fraction of sp³-hybridized carbons (Fsp3) is 0.568. The third kappa shape index (κ3) is 9.08. The summed E-state index contributed by atoms with van der Waals surface area (Å²) in [5.74, 6) is 10.8. The Morgan fingerprint density at radius 3 is 1.95 bits per heavy atom. The highest BCUT2D eigenvalue weighted by Crippen LogP contribution is 2.38. The van der Waals surface area contributed by atoms with Gasteiger partial charge in [0.2, 0.25) is 0 Å². The van der Waals surface area contributed by atoms with Crippen molar-refractivity contribution in [1.29, 1.82) is 0 Å². The molecule has 38 heavy (non-hydrogen) atoms. The number of ether oxygens (including phenoxy) is 1. The predicted molar refractivity (Wildman–Crippen MR) is 163 cm³/mol. The summed E-state index contributed by atoms with van der Waals surface area (Å²) in [7, 11) is 0. The van der Waals surface area contributed by atoms with Crippen molar-refractivity contribution in [2.75, 3.05) is 6.61 Å². The quantitative estimate of drug-likeness (QED) is 0.216. The summed E-state index contributed by atoms with van der Waals surface area (Å²) in [5, 5.41) is 0. The number of hydrogen-bond donors (Lipinski definition) is 0. The summed E-state index contributed by atoms with van der Waals surface area (Å²) in [6, 6.07) is 18.0. The van der Waals surface area contributed by atoms with E-state index in [0.717, 1.165) is 36.2 Å². The van der Waals surface area contributed by atoms with Gasteiger partial charge in [-0.25, -0.2) is 0 Å². The van der Waals surface area contributed by atoms with Crippen LogP contribution in [0, 0.1) is 23.7 Å². The molecular weight excluding hydrogens is 460 g/mol. The highest BCUT2D eigenvalue weighted by Gasteiger charge is 2.22. The zero-order chi connectivity index (χ0) is 26.4. The van der Waals surface area contributed by atoms with Crippen LogP contribution in [0.15, 0.2) is 60.7 Å². The molecular formula is C37H50O. The van der Waals surface area contributed by atoms with Crippen molar-refractivity contribution in [3.8, 4) is 17.6 Å². The van der Waals surface area contributed by atoms with E-state index in [1.807, 2.05) is 0 Å². The second kappa shape index (κ2) is 15.8. The predicted octanol–water partition coefficient (Wildman–Crippen LogP) is 10.6. The van der Waals surface area contributed by atoms with Crippen molar-refractivity contribution in [3.63, 3.8) is 0 Å². The van der Waals surface area contributed by atoms with Gasteiger partial charge >= 0.3 is 0 Å². The minimum Gasteiger partial charge on any atom is -0.494 e. The monoisotopic (exact) mass is 510 g/mol. The Hall–Kier alpha value is -2.46. The molecule has 2 aromatic rings. The second-order valence-corrected chi connectivity index (χ2v) is 11.8. The first kappa shape index (κ1) is 28.5. The van der Waals surface area contributed by atoms with E-state index in [0.29, 0.717) is 11.8 Å². The van der Waals surface area contributed by atoms with Crippen molar-refractivity contribution in [2.45, 2.75) is 116 Å². The maximum atomic E-state index is 5.82. The lowest BCUT2D eigenvalue weighted by molar-refractivity contribution is 0.303. The SMILES string of the molecule is CCCCCC1CCC(c2ccc(C#CC=CC3CCC(c4ccc(OCCCC)cc4)CC3)cc2)CC1. The van der Waals surface area contributed by atoms with Crippen molar-refractivity contribution < 1.29 is 4.74 Å². The molecule has 0 aliphatic heterocycles. The van der Waals surface area contributed by atoms with E-state index in [4.69, 9.17) is 4.74 Å². The Labute approximate surface area is 233 Å². The van der Waals surface area contributed by atoms with Crippen LogP contribution >= 0.6 is 0 Å².